The molecule has 0 unspecified atom stereocenters. The Morgan fingerprint density at radius 2 is 2.22 bits per heavy atom. The Morgan fingerprint density at radius 3 is 2.33 bits per heavy atom. The fourth-order valence-corrected chi connectivity index (χ4v) is 1.40. The average Bonchev–Trinajstić information content (AvgIpc) is 1.82. The highest BCUT2D eigenvalue weighted by Crippen LogP contribution is 2.13. The molecular formula is C7H12BrCl. The van der Waals surface area contributed by atoms with Crippen molar-refractivity contribution in [2.24, 2.45) is 5.92 Å². The van der Waals surface area contributed by atoms with Gasteiger partial charge in [-0.3, -0.25) is 0 Å². The van der Waals surface area contributed by atoms with Crippen molar-refractivity contribution in [2.75, 3.05) is 5.33 Å². The Labute approximate surface area is 70.4 Å². The van der Waals surface area contributed by atoms with Gasteiger partial charge in [-0.15, -0.1) is 0 Å². The van der Waals surface area contributed by atoms with E-state index in [4.69, 9.17) is 11.6 Å². The predicted octanol–water partition coefficient (Wildman–Crippen LogP) is 3.55. The van der Waals surface area contributed by atoms with Crippen LogP contribution in [0.25, 0.3) is 0 Å². The van der Waals surface area contributed by atoms with Crippen molar-refractivity contribution in [3.63, 3.8) is 0 Å². The van der Waals surface area contributed by atoms with E-state index in [0.717, 1.165) is 11.8 Å². The second-order valence-corrected chi connectivity index (χ2v) is 3.28. The van der Waals surface area contributed by atoms with Crippen LogP contribution in [-0.4, -0.2) is 5.33 Å². The van der Waals surface area contributed by atoms with E-state index < -0.39 is 0 Å². The van der Waals surface area contributed by atoms with Gasteiger partial charge in [0.15, 0.2) is 0 Å². The third-order valence-electron chi connectivity index (χ3n) is 0.996. The standard InChI is InChI=1S/C7H12BrCl/c1-6(2)3-7(4-8)5-9/h5-6H,3-4H2,1-2H3. The van der Waals surface area contributed by atoms with Crippen molar-refractivity contribution in [2.45, 2.75) is 20.3 Å². The minimum absolute atomic E-state index is 0.701. The lowest BCUT2D eigenvalue weighted by atomic mass is 10.1. The largest absolute Gasteiger partial charge is 0.0930 e. The van der Waals surface area contributed by atoms with Gasteiger partial charge in [0.2, 0.25) is 0 Å². The summed E-state index contributed by atoms with van der Waals surface area (Å²) < 4.78 is 0. The lowest BCUT2D eigenvalue weighted by Gasteiger charge is -2.03. The highest BCUT2D eigenvalue weighted by molar-refractivity contribution is 9.09. The van der Waals surface area contributed by atoms with Gasteiger partial charge in [-0.25, -0.2) is 0 Å². The summed E-state index contributed by atoms with van der Waals surface area (Å²) in [6.07, 6.45) is 1.09. The molecule has 0 radical (unpaired) electrons. The first kappa shape index (κ1) is 9.51. The summed E-state index contributed by atoms with van der Waals surface area (Å²) in [7, 11) is 0. The molecule has 0 N–H and O–H groups in total. The maximum absolute atomic E-state index is 5.52. The Morgan fingerprint density at radius 1 is 1.67 bits per heavy atom. The summed E-state index contributed by atoms with van der Waals surface area (Å²) in [4.78, 5) is 0. The van der Waals surface area contributed by atoms with Crippen LogP contribution < -0.4 is 0 Å². The minimum atomic E-state index is 0.701. The van der Waals surface area contributed by atoms with E-state index in [0.29, 0.717) is 5.92 Å². The number of allylic oxidation sites excluding steroid dienone is 1. The van der Waals surface area contributed by atoms with Crippen molar-refractivity contribution in [1.82, 2.24) is 0 Å². The molecule has 0 rings (SSSR count). The summed E-state index contributed by atoms with van der Waals surface area (Å²) in [6, 6.07) is 0. The summed E-state index contributed by atoms with van der Waals surface area (Å²) in [5.74, 6) is 0.701. The molecule has 9 heavy (non-hydrogen) atoms. The van der Waals surface area contributed by atoms with Crippen LogP contribution in [-0.2, 0) is 0 Å². The molecule has 54 valence electrons. The van der Waals surface area contributed by atoms with E-state index in [2.05, 4.69) is 29.8 Å². The summed E-state index contributed by atoms with van der Waals surface area (Å²) >= 11 is 8.87. The molecule has 0 nitrogen and oxygen atoms in total. The molecule has 0 aromatic heterocycles. The van der Waals surface area contributed by atoms with E-state index in [9.17, 15) is 0 Å². The smallest absolute Gasteiger partial charge is 0.0253 e. The molecule has 0 aromatic rings. The van der Waals surface area contributed by atoms with E-state index in [1.54, 1.807) is 5.54 Å². The zero-order chi connectivity index (χ0) is 7.28. The lowest BCUT2D eigenvalue weighted by molar-refractivity contribution is 0.645. The molecule has 2 heteroatoms. The van der Waals surface area contributed by atoms with Gasteiger partial charge < -0.3 is 0 Å². The number of halogens is 2. The lowest BCUT2D eigenvalue weighted by Crippen LogP contribution is -1.91. The number of hydrogen-bond acceptors (Lipinski definition) is 0. The summed E-state index contributed by atoms with van der Waals surface area (Å²) in [6.45, 7) is 4.37. The molecule has 0 fully saturated rings. The Balaban J connectivity index is 3.58. The van der Waals surface area contributed by atoms with Crippen LogP contribution in [0.5, 0.6) is 0 Å². The SMILES string of the molecule is CC(C)CC(=CCl)CBr. The highest BCUT2D eigenvalue weighted by Gasteiger charge is 1.97. The van der Waals surface area contributed by atoms with Crippen molar-refractivity contribution in [3.05, 3.63) is 11.1 Å². The molecule has 0 atom stereocenters. The molecule has 0 saturated carbocycles. The van der Waals surface area contributed by atoms with Crippen molar-refractivity contribution < 1.29 is 0 Å². The van der Waals surface area contributed by atoms with Gasteiger partial charge in [-0.05, 0) is 17.9 Å². The van der Waals surface area contributed by atoms with Crippen LogP contribution in [0.4, 0.5) is 0 Å². The van der Waals surface area contributed by atoms with Gasteiger partial charge in [0.25, 0.3) is 0 Å². The van der Waals surface area contributed by atoms with Gasteiger partial charge >= 0.3 is 0 Å². The van der Waals surface area contributed by atoms with Crippen LogP contribution in [0.15, 0.2) is 11.1 Å². The van der Waals surface area contributed by atoms with E-state index in [-0.39, 0.29) is 0 Å². The minimum Gasteiger partial charge on any atom is -0.0930 e. The predicted molar refractivity (Wildman–Crippen MR) is 47.2 cm³/mol. The second-order valence-electron chi connectivity index (χ2n) is 2.50. The van der Waals surface area contributed by atoms with Crippen LogP contribution in [0.3, 0.4) is 0 Å². The third-order valence-corrected chi connectivity index (χ3v) is 2.03. The van der Waals surface area contributed by atoms with Crippen LogP contribution in [0, 0.1) is 5.92 Å². The first-order valence-corrected chi connectivity index (χ1v) is 4.60. The van der Waals surface area contributed by atoms with Crippen molar-refractivity contribution in [3.8, 4) is 0 Å². The van der Waals surface area contributed by atoms with Gasteiger partial charge in [0, 0.05) is 10.9 Å². The second kappa shape index (κ2) is 5.31. The Hall–Kier alpha value is 0.510. The van der Waals surface area contributed by atoms with Crippen molar-refractivity contribution >= 4 is 27.5 Å². The van der Waals surface area contributed by atoms with Crippen molar-refractivity contribution in [1.29, 1.82) is 0 Å². The average molecular weight is 212 g/mol. The molecule has 0 spiro atoms. The molecule has 0 aliphatic carbocycles. The van der Waals surface area contributed by atoms with E-state index >= 15 is 0 Å². The fraction of sp³-hybridized carbons (Fsp3) is 0.714. The maximum Gasteiger partial charge on any atom is 0.0253 e. The van der Waals surface area contributed by atoms with E-state index in [1.165, 1.54) is 5.57 Å². The first-order valence-electron chi connectivity index (χ1n) is 3.04. The topological polar surface area (TPSA) is 0 Å². The number of rotatable bonds is 3. The van der Waals surface area contributed by atoms with Gasteiger partial charge in [0.05, 0.1) is 0 Å². The molecular weight excluding hydrogens is 199 g/mol. The first-order chi connectivity index (χ1) is 4.20. The molecule has 0 saturated heterocycles. The molecule has 0 aliphatic heterocycles. The highest BCUT2D eigenvalue weighted by atomic mass is 79.9. The Bertz CT molecular complexity index is 97.1. The fourth-order valence-electron chi connectivity index (χ4n) is 0.653. The third kappa shape index (κ3) is 4.98. The van der Waals surface area contributed by atoms with E-state index in [1.807, 2.05) is 0 Å². The van der Waals surface area contributed by atoms with Crippen LogP contribution >= 0.6 is 27.5 Å². The maximum atomic E-state index is 5.52. The number of hydrogen-bond donors (Lipinski definition) is 0. The van der Waals surface area contributed by atoms with Gasteiger partial charge in [-0.1, -0.05) is 41.4 Å². The van der Waals surface area contributed by atoms with Crippen LogP contribution in [0.2, 0.25) is 0 Å². The molecule has 0 aromatic carbocycles. The molecule has 0 heterocycles. The molecule has 0 aliphatic rings. The summed E-state index contributed by atoms with van der Waals surface area (Å²) in [5, 5.41) is 0.898. The monoisotopic (exact) mass is 210 g/mol. The zero-order valence-electron chi connectivity index (χ0n) is 5.82. The number of alkyl halides is 1. The normalized spacial score (nSPS) is 12.8. The van der Waals surface area contributed by atoms with Gasteiger partial charge in [0.1, 0.15) is 0 Å². The van der Waals surface area contributed by atoms with Crippen LogP contribution in [0.1, 0.15) is 20.3 Å². The quantitative estimate of drug-likeness (QED) is 0.626. The molecule has 0 bridgehead atoms. The zero-order valence-corrected chi connectivity index (χ0v) is 8.17. The summed E-state index contributed by atoms with van der Waals surface area (Å²) in [5.41, 5.74) is 2.93. The van der Waals surface area contributed by atoms with Gasteiger partial charge in [-0.2, -0.15) is 0 Å². The molecule has 0 amide bonds. The Kier molecular flexibility index (Phi) is 5.61.